The van der Waals surface area contributed by atoms with Crippen molar-refractivity contribution in [2.45, 2.75) is 119 Å². The Balaban J connectivity index is 1.60. The summed E-state index contributed by atoms with van der Waals surface area (Å²) in [6, 6.07) is 8.33. The zero-order valence-electron chi connectivity index (χ0n) is 38.6. The summed E-state index contributed by atoms with van der Waals surface area (Å²) in [6.07, 6.45) is 13.8. The molecule has 0 spiro atoms. The maximum Gasteiger partial charge on any atom is 0.294 e. The van der Waals surface area contributed by atoms with Crippen LogP contribution in [-0.2, 0) is 60.9 Å². The molecule has 2 heterocycles. The summed E-state index contributed by atoms with van der Waals surface area (Å²) in [5.74, 6) is -1.20. The lowest BCUT2D eigenvalue weighted by Gasteiger charge is -2.30. The normalized spacial score (nSPS) is 18.1. The molecule has 0 aliphatic carbocycles. The second-order valence-corrected chi connectivity index (χ2v) is 23.9. The fourth-order valence-corrected chi connectivity index (χ4v) is 10.5. The number of nitrogens with zero attached hydrogens (tertiary/aromatic N) is 2. The van der Waals surface area contributed by atoms with Gasteiger partial charge in [0.15, 0.2) is 5.71 Å². The fourth-order valence-electron chi connectivity index (χ4n) is 8.52. The van der Waals surface area contributed by atoms with E-state index in [2.05, 4.69) is 10.6 Å². The number of amides is 2. The van der Waals surface area contributed by atoms with Crippen molar-refractivity contribution in [3.8, 4) is 0 Å². The monoisotopic (exact) mass is 1010 g/mol. The Labute approximate surface area is 395 Å². The second-order valence-electron chi connectivity index (χ2n) is 17.9. The van der Waals surface area contributed by atoms with Gasteiger partial charge in [0.2, 0.25) is 17.5 Å². The number of allylic oxidation sites excluding steroid dienone is 6. The van der Waals surface area contributed by atoms with Crippen molar-refractivity contribution < 1.29 is 66.0 Å². The minimum Gasteiger partial charge on any atom is -0.356 e. The lowest BCUT2D eigenvalue weighted by Crippen LogP contribution is -2.30. The molecule has 0 radical (unpaired) electrons. The number of hydrogen-bond donors (Lipinski definition) is 6. The molecule has 0 saturated heterocycles. The van der Waals surface area contributed by atoms with Crippen molar-refractivity contribution in [1.82, 2.24) is 10.6 Å². The number of hydrogen-bond acceptors (Lipinski definition) is 11. The van der Waals surface area contributed by atoms with E-state index in [9.17, 15) is 61.5 Å². The third kappa shape index (κ3) is 15.6. The minimum absolute atomic E-state index is 0.00789. The van der Waals surface area contributed by atoms with E-state index >= 15 is 0 Å². The standard InChI is InChI=1S/C45H64N4O14S4/c1-33(2)43(51)47-26-14-8-13-25-46-42(50)19-11-7-12-24-45(5)37-32-35(67(61,62)63)21-23-39(37)49(28-16-30-65(55,56)57)41(45)18-10-6-9-17-40-44(3,4)36-31-34(66(58,59)60)20-22-38(36)48(40)27-15-29-64(52,53)54/h6,9-10,17-18,20-23,31-33H,7-8,11-16,19,24-30H2,1-5H3,(H5-,46,47,50,51,52,53,54,55,56,57,58,59,60,61,62,63)/p+1. The predicted molar refractivity (Wildman–Crippen MR) is 256 cm³/mol. The summed E-state index contributed by atoms with van der Waals surface area (Å²) in [5, 5.41) is 5.81. The van der Waals surface area contributed by atoms with Gasteiger partial charge in [0, 0.05) is 72.9 Å². The maximum atomic E-state index is 12.6. The van der Waals surface area contributed by atoms with Crippen molar-refractivity contribution >= 4 is 69.4 Å². The van der Waals surface area contributed by atoms with Crippen molar-refractivity contribution in [1.29, 1.82) is 0 Å². The van der Waals surface area contributed by atoms with Crippen LogP contribution in [0.5, 0.6) is 0 Å². The highest BCUT2D eigenvalue weighted by Gasteiger charge is 2.46. The molecule has 18 nitrogen and oxygen atoms in total. The first-order valence-corrected chi connectivity index (χ1v) is 28.3. The zero-order valence-corrected chi connectivity index (χ0v) is 41.9. The first-order chi connectivity index (χ1) is 31.1. The van der Waals surface area contributed by atoms with Gasteiger partial charge >= 0.3 is 0 Å². The van der Waals surface area contributed by atoms with Gasteiger partial charge < -0.3 is 15.5 Å². The second kappa shape index (κ2) is 22.9. The van der Waals surface area contributed by atoms with Crippen LogP contribution in [0, 0.1) is 5.92 Å². The third-order valence-corrected chi connectivity index (χ3v) is 15.4. The van der Waals surface area contributed by atoms with E-state index in [4.69, 9.17) is 0 Å². The molecule has 2 amide bonds. The van der Waals surface area contributed by atoms with E-state index in [1.807, 2.05) is 44.1 Å². The predicted octanol–water partition coefficient (Wildman–Crippen LogP) is 5.90. The molecule has 0 bridgehead atoms. The molecule has 6 N–H and O–H groups in total. The van der Waals surface area contributed by atoms with Crippen LogP contribution in [0.3, 0.4) is 0 Å². The van der Waals surface area contributed by atoms with Gasteiger partial charge in [-0.1, -0.05) is 44.9 Å². The fraction of sp³-hybridized carbons (Fsp3) is 0.533. The summed E-state index contributed by atoms with van der Waals surface area (Å²) in [4.78, 5) is 25.6. The Hall–Kier alpha value is -4.29. The smallest absolute Gasteiger partial charge is 0.294 e. The number of unbranched alkanes of at least 4 members (excludes halogenated alkanes) is 4. The number of fused-ring (bicyclic) bond motifs is 2. The molecule has 0 fully saturated rings. The highest BCUT2D eigenvalue weighted by molar-refractivity contribution is 7.86. The van der Waals surface area contributed by atoms with Crippen LogP contribution in [0.15, 0.2) is 82.3 Å². The van der Waals surface area contributed by atoms with Gasteiger partial charge in [-0.2, -0.15) is 38.2 Å². The van der Waals surface area contributed by atoms with E-state index < -0.39 is 62.8 Å². The minimum atomic E-state index is -4.62. The molecule has 2 aromatic rings. The van der Waals surface area contributed by atoms with E-state index in [0.29, 0.717) is 79.1 Å². The Bertz CT molecular complexity index is 2730. The lowest BCUT2D eigenvalue weighted by atomic mass is 9.77. The molecule has 0 aromatic heterocycles. The maximum absolute atomic E-state index is 12.6. The van der Waals surface area contributed by atoms with Crippen molar-refractivity contribution in [2.24, 2.45) is 5.92 Å². The van der Waals surface area contributed by atoms with Crippen LogP contribution in [0.2, 0.25) is 0 Å². The Morgan fingerprint density at radius 2 is 1.28 bits per heavy atom. The molecule has 22 heteroatoms. The first kappa shape index (κ1) is 55.3. The van der Waals surface area contributed by atoms with Crippen molar-refractivity contribution in [3.63, 3.8) is 0 Å². The van der Waals surface area contributed by atoms with E-state index in [0.717, 1.165) is 19.3 Å². The molecule has 67 heavy (non-hydrogen) atoms. The highest BCUT2D eigenvalue weighted by Crippen LogP contribution is 2.51. The lowest BCUT2D eigenvalue weighted by molar-refractivity contribution is -0.437. The van der Waals surface area contributed by atoms with Crippen LogP contribution in [-0.4, -0.2) is 112 Å². The Morgan fingerprint density at radius 3 is 1.90 bits per heavy atom. The van der Waals surface area contributed by atoms with Gasteiger partial charge in [-0.3, -0.25) is 27.8 Å². The molecule has 2 aromatic carbocycles. The molecule has 1 atom stereocenters. The average molecular weight is 1010 g/mol. The zero-order chi connectivity index (χ0) is 50.0. The number of anilines is 1. The van der Waals surface area contributed by atoms with Gasteiger partial charge in [-0.15, -0.1) is 0 Å². The topological polar surface area (TPSA) is 282 Å². The van der Waals surface area contributed by atoms with Crippen LogP contribution in [0.25, 0.3) is 0 Å². The largest absolute Gasteiger partial charge is 0.356 e. The number of carbonyl (C=O) groups excluding carboxylic acids is 2. The molecule has 1 unspecified atom stereocenters. The van der Waals surface area contributed by atoms with Crippen molar-refractivity contribution in [2.75, 3.05) is 42.6 Å². The molecule has 2 aliphatic rings. The quantitative estimate of drug-likeness (QED) is 0.0277. The molecule has 2 aliphatic heterocycles. The number of nitrogens with one attached hydrogen (secondary N) is 2. The summed E-state index contributed by atoms with van der Waals surface area (Å²) < 4.78 is 136. The van der Waals surface area contributed by atoms with Gasteiger partial charge in [-0.25, -0.2) is 0 Å². The van der Waals surface area contributed by atoms with Crippen LogP contribution in [0.1, 0.15) is 110 Å². The van der Waals surface area contributed by atoms with Crippen molar-refractivity contribution in [3.05, 3.63) is 83.6 Å². The SMILES string of the molecule is CC(C)C(=O)NCCCCCNC(=O)CCCCCC1(C)\C(=C/C=C/C=C/C2=[N+](CCCS(=O)(=O)O)c3ccc(S(=O)(=O)O)cc3C2(C)C)N(CCCS(=O)(=O)O)c2ccc(S(=O)(=O)O)cc21. The molecular formula is C45H65N4O14S4+. The van der Waals surface area contributed by atoms with E-state index in [1.165, 1.54) is 30.3 Å². The van der Waals surface area contributed by atoms with Gasteiger partial charge in [0.1, 0.15) is 6.54 Å². The van der Waals surface area contributed by atoms with Gasteiger partial charge in [0.05, 0.1) is 26.7 Å². The number of rotatable bonds is 26. The summed E-state index contributed by atoms with van der Waals surface area (Å²) >= 11 is 0. The molecule has 0 saturated carbocycles. The van der Waals surface area contributed by atoms with E-state index in [-0.39, 0.29) is 53.5 Å². The average Bonchev–Trinajstić information content (AvgIpc) is 3.57. The third-order valence-electron chi connectivity index (χ3n) is 12.0. The Morgan fingerprint density at radius 1 is 0.701 bits per heavy atom. The summed E-state index contributed by atoms with van der Waals surface area (Å²) in [7, 11) is -17.8. The van der Waals surface area contributed by atoms with Gasteiger partial charge in [-0.05, 0) is 101 Å². The number of benzene rings is 2. The Kier molecular flexibility index (Phi) is 18.9. The number of carbonyl (C=O) groups is 2. The summed E-state index contributed by atoms with van der Waals surface area (Å²) in [6.45, 7) is 10.6. The van der Waals surface area contributed by atoms with E-state index in [1.54, 1.807) is 36.4 Å². The molecule has 4 rings (SSSR count). The molecule has 372 valence electrons. The van der Waals surface area contributed by atoms with Gasteiger partial charge in [0.25, 0.3) is 40.5 Å². The van der Waals surface area contributed by atoms with Crippen LogP contribution >= 0.6 is 0 Å². The summed E-state index contributed by atoms with van der Waals surface area (Å²) in [5.41, 5.74) is 1.88. The highest BCUT2D eigenvalue weighted by atomic mass is 32.2. The molecular weight excluding hydrogens is 949 g/mol. The van der Waals surface area contributed by atoms with Crippen LogP contribution in [0.4, 0.5) is 11.4 Å². The first-order valence-electron chi connectivity index (χ1n) is 22.2. The van der Waals surface area contributed by atoms with Crippen LogP contribution < -0.4 is 15.5 Å².